The molecule has 128 valence electrons. The van der Waals surface area contributed by atoms with Crippen LogP contribution in [0.2, 0.25) is 0 Å². The molecule has 0 fully saturated rings. The van der Waals surface area contributed by atoms with E-state index >= 15 is 0 Å². The zero-order valence-electron chi connectivity index (χ0n) is 15.2. The highest BCUT2D eigenvalue weighted by Crippen LogP contribution is 2.15. The van der Waals surface area contributed by atoms with Crippen LogP contribution in [-0.2, 0) is 0 Å². The summed E-state index contributed by atoms with van der Waals surface area (Å²) in [6, 6.07) is 0. The van der Waals surface area contributed by atoms with E-state index in [2.05, 4.69) is 20.8 Å². The second kappa shape index (κ2) is 16.3. The minimum atomic E-state index is -0.0395. The van der Waals surface area contributed by atoms with Crippen LogP contribution < -0.4 is 0 Å². The Bertz CT molecular complexity index is 188. The predicted molar refractivity (Wildman–Crippen MR) is 95.8 cm³/mol. The average molecular weight is 299 g/mol. The SMILES string of the molecule is CCCCCCCCCCCCCC(O)CCCC(C)C. The molecule has 0 aromatic heterocycles. The van der Waals surface area contributed by atoms with E-state index in [-0.39, 0.29) is 6.10 Å². The summed E-state index contributed by atoms with van der Waals surface area (Å²) in [6.07, 6.45) is 19.7. The fraction of sp³-hybridized carbons (Fsp3) is 1.00. The molecule has 0 aromatic carbocycles. The fourth-order valence-corrected chi connectivity index (χ4v) is 2.95. The van der Waals surface area contributed by atoms with Crippen molar-refractivity contribution in [1.82, 2.24) is 0 Å². The second-order valence-corrected chi connectivity index (χ2v) is 7.30. The van der Waals surface area contributed by atoms with Crippen molar-refractivity contribution >= 4 is 0 Å². The van der Waals surface area contributed by atoms with Gasteiger partial charge in [-0.15, -0.1) is 0 Å². The highest BCUT2D eigenvalue weighted by atomic mass is 16.3. The molecule has 0 saturated carbocycles. The summed E-state index contributed by atoms with van der Waals surface area (Å²) in [7, 11) is 0. The van der Waals surface area contributed by atoms with Crippen LogP contribution >= 0.6 is 0 Å². The molecule has 0 saturated heterocycles. The Morgan fingerprint density at radius 3 is 1.48 bits per heavy atom. The van der Waals surface area contributed by atoms with Crippen LogP contribution in [0.1, 0.15) is 117 Å². The van der Waals surface area contributed by atoms with E-state index in [1.165, 1.54) is 83.5 Å². The summed E-state index contributed by atoms with van der Waals surface area (Å²) in [5, 5.41) is 9.91. The molecule has 0 aliphatic heterocycles. The number of hydrogen-bond donors (Lipinski definition) is 1. The third-order valence-electron chi connectivity index (χ3n) is 4.46. The molecule has 1 N–H and O–H groups in total. The first-order valence-corrected chi connectivity index (χ1v) is 9.84. The first-order chi connectivity index (χ1) is 10.2. The summed E-state index contributed by atoms with van der Waals surface area (Å²) >= 11 is 0. The Hall–Kier alpha value is -0.0400. The van der Waals surface area contributed by atoms with Crippen molar-refractivity contribution in [3.05, 3.63) is 0 Å². The van der Waals surface area contributed by atoms with Crippen molar-refractivity contribution in [3.8, 4) is 0 Å². The number of aliphatic hydroxyl groups excluding tert-OH is 1. The highest BCUT2D eigenvalue weighted by molar-refractivity contribution is 4.58. The van der Waals surface area contributed by atoms with Crippen molar-refractivity contribution in [2.24, 2.45) is 5.92 Å². The van der Waals surface area contributed by atoms with E-state index in [4.69, 9.17) is 0 Å². The van der Waals surface area contributed by atoms with Gasteiger partial charge in [0.15, 0.2) is 0 Å². The van der Waals surface area contributed by atoms with Gasteiger partial charge in [0, 0.05) is 0 Å². The molecule has 21 heavy (non-hydrogen) atoms. The van der Waals surface area contributed by atoms with E-state index in [0.29, 0.717) is 0 Å². The second-order valence-electron chi connectivity index (χ2n) is 7.30. The van der Waals surface area contributed by atoms with Crippen molar-refractivity contribution < 1.29 is 5.11 Å². The Morgan fingerprint density at radius 1 is 0.571 bits per heavy atom. The van der Waals surface area contributed by atoms with Crippen LogP contribution in [0, 0.1) is 5.92 Å². The van der Waals surface area contributed by atoms with Gasteiger partial charge in [-0.1, -0.05) is 104 Å². The minimum Gasteiger partial charge on any atom is -0.393 e. The van der Waals surface area contributed by atoms with Gasteiger partial charge < -0.3 is 5.11 Å². The third kappa shape index (κ3) is 17.9. The molecule has 0 radical (unpaired) electrons. The maximum atomic E-state index is 9.91. The van der Waals surface area contributed by atoms with E-state index in [9.17, 15) is 5.11 Å². The summed E-state index contributed by atoms with van der Waals surface area (Å²) in [5.41, 5.74) is 0. The molecule has 1 nitrogen and oxygen atoms in total. The molecule has 1 heteroatoms. The monoisotopic (exact) mass is 298 g/mol. The number of hydrogen-bond acceptors (Lipinski definition) is 1. The van der Waals surface area contributed by atoms with Crippen molar-refractivity contribution in [3.63, 3.8) is 0 Å². The van der Waals surface area contributed by atoms with Gasteiger partial charge in [0.05, 0.1) is 6.10 Å². The predicted octanol–water partition coefficient (Wildman–Crippen LogP) is 6.87. The molecule has 0 aliphatic carbocycles. The summed E-state index contributed by atoms with van der Waals surface area (Å²) in [4.78, 5) is 0. The van der Waals surface area contributed by atoms with Gasteiger partial charge in [-0.25, -0.2) is 0 Å². The van der Waals surface area contributed by atoms with Crippen molar-refractivity contribution in [1.29, 1.82) is 0 Å². The Morgan fingerprint density at radius 2 is 1.00 bits per heavy atom. The molecule has 1 unspecified atom stereocenters. The van der Waals surface area contributed by atoms with Gasteiger partial charge in [-0.3, -0.25) is 0 Å². The lowest BCUT2D eigenvalue weighted by atomic mass is 10.0. The van der Waals surface area contributed by atoms with E-state index < -0.39 is 0 Å². The van der Waals surface area contributed by atoms with E-state index in [1.807, 2.05) is 0 Å². The van der Waals surface area contributed by atoms with Gasteiger partial charge >= 0.3 is 0 Å². The molecule has 0 heterocycles. The third-order valence-corrected chi connectivity index (χ3v) is 4.46. The lowest BCUT2D eigenvalue weighted by Crippen LogP contribution is -2.06. The van der Waals surface area contributed by atoms with Crippen molar-refractivity contribution in [2.75, 3.05) is 0 Å². The van der Waals surface area contributed by atoms with Crippen LogP contribution in [0.25, 0.3) is 0 Å². The van der Waals surface area contributed by atoms with E-state index in [0.717, 1.165) is 18.8 Å². The lowest BCUT2D eigenvalue weighted by molar-refractivity contribution is 0.146. The average Bonchev–Trinajstić information content (AvgIpc) is 2.44. The lowest BCUT2D eigenvalue weighted by Gasteiger charge is -2.11. The van der Waals surface area contributed by atoms with Gasteiger partial charge in [-0.2, -0.15) is 0 Å². The molecule has 0 bridgehead atoms. The zero-order valence-corrected chi connectivity index (χ0v) is 15.2. The minimum absolute atomic E-state index is 0.0395. The number of rotatable bonds is 16. The Kier molecular flexibility index (Phi) is 16.3. The van der Waals surface area contributed by atoms with Crippen LogP contribution in [0.3, 0.4) is 0 Å². The zero-order chi connectivity index (χ0) is 15.8. The molecule has 0 spiro atoms. The van der Waals surface area contributed by atoms with Gasteiger partial charge in [0.1, 0.15) is 0 Å². The van der Waals surface area contributed by atoms with E-state index in [1.54, 1.807) is 0 Å². The Labute approximate surface area is 134 Å². The molecular weight excluding hydrogens is 256 g/mol. The smallest absolute Gasteiger partial charge is 0.0540 e. The maximum Gasteiger partial charge on any atom is 0.0540 e. The molecule has 0 aromatic rings. The van der Waals surface area contributed by atoms with Crippen LogP contribution in [-0.4, -0.2) is 11.2 Å². The normalized spacial score (nSPS) is 13.0. The van der Waals surface area contributed by atoms with Gasteiger partial charge in [-0.05, 0) is 18.8 Å². The summed E-state index contributed by atoms with van der Waals surface area (Å²) in [5.74, 6) is 0.777. The molecular formula is C20H42O. The molecule has 0 amide bonds. The number of aliphatic hydroxyl groups is 1. The molecule has 0 rings (SSSR count). The van der Waals surface area contributed by atoms with Gasteiger partial charge in [0.25, 0.3) is 0 Å². The molecule has 1 atom stereocenters. The Balaban J connectivity index is 3.10. The first-order valence-electron chi connectivity index (χ1n) is 9.84. The van der Waals surface area contributed by atoms with Crippen LogP contribution in [0.4, 0.5) is 0 Å². The standard InChI is InChI=1S/C20H42O/c1-4-5-6-7-8-9-10-11-12-13-14-17-20(21)18-15-16-19(2)3/h19-21H,4-18H2,1-3H3. The fourth-order valence-electron chi connectivity index (χ4n) is 2.95. The molecule has 0 aliphatic rings. The van der Waals surface area contributed by atoms with Gasteiger partial charge in [0.2, 0.25) is 0 Å². The quantitative estimate of drug-likeness (QED) is 0.308. The topological polar surface area (TPSA) is 20.2 Å². The van der Waals surface area contributed by atoms with Crippen LogP contribution in [0.15, 0.2) is 0 Å². The largest absolute Gasteiger partial charge is 0.393 e. The highest BCUT2D eigenvalue weighted by Gasteiger charge is 2.04. The first kappa shape index (κ1) is 21.0. The number of unbranched alkanes of at least 4 members (excludes halogenated alkanes) is 10. The summed E-state index contributed by atoms with van der Waals surface area (Å²) < 4.78 is 0. The maximum absolute atomic E-state index is 9.91. The van der Waals surface area contributed by atoms with Crippen LogP contribution in [0.5, 0.6) is 0 Å². The van der Waals surface area contributed by atoms with Crippen molar-refractivity contribution in [2.45, 2.75) is 123 Å². The summed E-state index contributed by atoms with van der Waals surface area (Å²) in [6.45, 7) is 6.80.